The van der Waals surface area contributed by atoms with Gasteiger partial charge in [-0.3, -0.25) is 4.98 Å². The third-order valence-corrected chi connectivity index (χ3v) is 3.01. The Balaban J connectivity index is 2.59. The number of rotatable bonds is 1. The molecule has 0 aliphatic heterocycles. The summed E-state index contributed by atoms with van der Waals surface area (Å²) in [6.45, 7) is 2.09. The fourth-order valence-corrected chi connectivity index (χ4v) is 2.24. The summed E-state index contributed by atoms with van der Waals surface area (Å²) >= 11 is 1.71. The van der Waals surface area contributed by atoms with Crippen LogP contribution in [0.5, 0.6) is 0 Å². The van der Waals surface area contributed by atoms with E-state index in [0.29, 0.717) is 0 Å². The van der Waals surface area contributed by atoms with Crippen LogP contribution in [0, 0.1) is 6.92 Å². The first-order chi connectivity index (χ1) is 6.29. The number of pyridine rings is 1. The number of hydrogen-bond acceptors (Lipinski definition) is 3. The summed E-state index contributed by atoms with van der Waals surface area (Å²) in [7, 11) is 0. The minimum absolute atomic E-state index is 0.744. The van der Waals surface area contributed by atoms with Gasteiger partial charge < -0.3 is 5.73 Å². The molecule has 2 rings (SSSR count). The number of nitrogens with zero attached hydrogens (tertiary/aromatic N) is 1. The second kappa shape index (κ2) is 3.18. The number of aromatic nitrogens is 1. The Kier molecular flexibility index (Phi) is 2.02. The molecular formula is C10H10N2S. The van der Waals surface area contributed by atoms with Crippen molar-refractivity contribution in [2.24, 2.45) is 0 Å². The monoisotopic (exact) mass is 190 g/mol. The largest absolute Gasteiger partial charge is 0.397 e. The van der Waals surface area contributed by atoms with Gasteiger partial charge in [0.15, 0.2) is 0 Å². The van der Waals surface area contributed by atoms with Crippen LogP contribution < -0.4 is 5.73 Å². The molecule has 66 valence electrons. The fraction of sp³-hybridized carbons (Fsp3) is 0.100. The maximum atomic E-state index is 5.82. The minimum atomic E-state index is 0.744. The molecule has 2 N–H and O–H groups in total. The van der Waals surface area contributed by atoms with Gasteiger partial charge in [-0.1, -0.05) is 0 Å². The summed E-state index contributed by atoms with van der Waals surface area (Å²) < 4.78 is 0. The molecule has 0 unspecified atom stereocenters. The average molecular weight is 190 g/mol. The topological polar surface area (TPSA) is 38.9 Å². The van der Waals surface area contributed by atoms with Gasteiger partial charge in [-0.25, -0.2) is 0 Å². The first kappa shape index (κ1) is 8.26. The van der Waals surface area contributed by atoms with Crippen LogP contribution in [-0.4, -0.2) is 4.98 Å². The van der Waals surface area contributed by atoms with E-state index in [9.17, 15) is 0 Å². The van der Waals surface area contributed by atoms with E-state index in [0.717, 1.165) is 11.3 Å². The normalized spacial score (nSPS) is 10.2. The molecule has 13 heavy (non-hydrogen) atoms. The van der Waals surface area contributed by atoms with Gasteiger partial charge in [0.05, 0.1) is 11.9 Å². The van der Waals surface area contributed by atoms with Crippen LogP contribution in [0.25, 0.3) is 10.4 Å². The van der Waals surface area contributed by atoms with Crippen molar-refractivity contribution in [1.82, 2.24) is 4.98 Å². The van der Waals surface area contributed by atoms with E-state index in [2.05, 4.69) is 23.4 Å². The standard InChI is InChI=1S/C10H10N2S/c1-7-3-5-13-10(7)8-2-4-12-6-9(8)11/h2-6H,11H2,1H3. The van der Waals surface area contributed by atoms with Gasteiger partial charge in [-0.2, -0.15) is 0 Å². The van der Waals surface area contributed by atoms with E-state index in [1.807, 2.05) is 6.07 Å². The number of hydrogen-bond donors (Lipinski definition) is 1. The molecule has 0 amide bonds. The highest BCUT2D eigenvalue weighted by atomic mass is 32.1. The van der Waals surface area contributed by atoms with Gasteiger partial charge in [0.25, 0.3) is 0 Å². The summed E-state index contributed by atoms with van der Waals surface area (Å²) in [6, 6.07) is 4.05. The zero-order valence-corrected chi connectivity index (χ0v) is 8.14. The van der Waals surface area contributed by atoms with E-state index in [4.69, 9.17) is 5.73 Å². The van der Waals surface area contributed by atoms with Gasteiger partial charge >= 0.3 is 0 Å². The zero-order chi connectivity index (χ0) is 9.26. The highest BCUT2D eigenvalue weighted by molar-refractivity contribution is 7.13. The predicted octanol–water partition coefficient (Wildman–Crippen LogP) is 2.70. The van der Waals surface area contributed by atoms with E-state index in [-0.39, 0.29) is 0 Å². The molecule has 0 fully saturated rings. The van der Waals surface area contributed by atoms with Gasteiger partial charge in [0, 0.05) is 16.6 Å². The lowest BCUT2D eigenvalue weighted by Gasteiger charge is -2.02. The van der Waals surface area contributed by atoms with Crippen molar-refractivity contribution < 1.29 is 0 Å². The van der Waals surface area contributed by atoms with Crippen LogP contribution in [0.2, 0.25) is 0 Å². The number of aryl methyl sites for hydroxylation is 1. The molecule has 0 aliphatic carbocycles. The highest BCUT2D eigenvalue weighted by Gasteiger charge is 2.05. The van der Waals surface area contributed by atoms with Crippen molar-refractivity contribution in [3.8, 4) is 10.4 Å². The summed E-state index contributed by atoms with van der Waals surface area (Å²) in [5.41, 5.74) is 8.92. The molecule has 2 nitrogen and oxygen atoms in total. The zero-order valence-electron chi connectivity index (χ0n) is 7.32. The number of nitrogens with two attached hydrogens (primary N) is 1. The molecule has 2 aromatic rings. The van der Waals surface area contributed by atoms with Crippen molar-refractivity contribution in [2.45, 2.75) is 6.92 Å². The Hall–Kier alpha value is -1.35. The van der Waals surface area contributed by atoms with Gasteiger partial charge in [-0.15, -0.1) is 11.3 Å². The van der Waals surface area contributed by atoms with Gasteiger partial charge in [0.2, 0.25) is 0 Å². The Morgan fingerprint density at radius 3 is 2.85 bits per heavy atom. The van der Waals surface area contributed by atoms with Crippen LogP contribution in [0.3, 0.4) is 0 Å². The predicted molar refractivity (Wildman–Crippen MR) is 56.7 cm³/mol. The maximum absolute atomic E-state index is 5.82. The van der Waals surface area contributed by atoms with Crippen molar-refractivity contribution in [2.75, 3.05) is 5.73 Å². The molecule has 0 saturated heterocycles. The smallest absolute Gasteiger partial charge is 0.0588 e. The van der Waals surface area contributed by atoms with Crippen molar-refractivity contribution >= 4 is 17.0 Å². The van der Waals surface area contributed by atoms with Crippen LogP contribution in [-0.2, 0) is 0 Å². The average Bonchev–Trinajstić information content (AvgIpc) is 2.52. The summed E-state index contributed by atoms with van der Waals surface area (Å²) in [5, 5.41) is 2.07. The molecule has 3 heteroatoms. The molecule has 0 atom stereocenters. The molecule has 0 saturated carbocycles. The Morgan fingerprint density at radius 1 is 1.38 bits per heavy atom. The number of anilines is 1. The maximum Gasteiger partial charge on any atom is 0.0588 e. The molecule has 0 aromatic carbocycles. The first-order valence-corrected chi connectivity index (χ1v) is 4.91. The molecule has 0 spiro atoms. The van der Waals surface area contributed by atoms with Crippen molar-refractivity contribution in [1.29, 1.82) is 0 Å². The first-order valence-electron chi connectivity index (χ1n) is 4.03. The molecule has 0 radical (unpaired) electrons. The van der Waals surface area contributed by atoms with Crippen LogP contribution in [0.4, 0.5) is 5.69 Å². The number of nitrogen functional groups attached to an aromatic ring is 1. The van der Waals surface area contributed by atoms with E-state index in [1.54, 1.807) is 23.7 Å². The Morgan fingerprint density at radius 2 is 2.23 bits per heavy atom. The van der Waals surface area contributed by atoms with Crippen LogP contribution in [0.1, 0.15) is 5.56 Å². The lowest BCUT2D eigenvalue weighted by atomic mass is 10.1. The lowest BCUT2D eigenvalue weighted by molar-refractivity contribution is 1.33. The molecule has 0 bridgehead atoms. The highest BCUT2D eigenvalue weighted by Crippen LogP contribution is 2.32. The summed E-state index contributed by atoms with van der Waals surface area (Å²) in [4.78, 5) is 5.20. The Bertz CT molecular complexity index is 420. The van der Waals surface area contributed by atoms with Crippen molar-refractivity contribution in [3.05, 3.63) is 35.5 Å². The van der Waals surface area contributed by atoms with Gasteiger partial charge in [0.1, 0.15) is 0 Å². The third-order valence-electron chi connectivity index (χ3n) is 1.96. The second-order valence-corrected chi connectivity index (χ2v) is 3.81. The molecule has 2 aromatic heterocycles. The Labute approximate surface area is 81.1 Å². The summed E-state index contributed by atoms with van der Waals surface area (Å²) in [5.74, 6) is 0. The third kappa shape index (κ3) is 1.42. The molecular weight excluding hydrogens is 180 g/mol. The SMILES string of the molecule is Cc1ccsc1-c1ccncc1N. The van der Waals surface area contributed by atoms with Crippen LogP contribution >= 0.6 is 11.3 Å². The molecule has 0 aliphatic rings. The lowest BCUT2D eigenvalue weighted by Crippen LogP contribution is -1.89. The molecule has 2 heterocycles. The fourth-order valence-electron chi connectivity index (χ4n) is 1.26. The van der Waals surface area contributed by atoms with Crippen molar-refractivity contribution in [3.63, 3.8) is 0 Å². The quantitative estimate of drug-likeness (QED) is 0.751. The van der Waals surface area contributed by atoms with Gasteiger partial charge in [-0.05, 0) is 30.0 Å². The summed E-state index contributed by atoms with van der Waals surface area (Å²) in [6.07, 6.45) is 3.46. The second-order valence-electron chi connectivity index (χ2n) is 2.90. The van der Waals surface area contributed by atoms with E-state index >= 15 is 0 Å². The van der Waals surface area contributed by atoms with Crippen LogP contribution in [0.15, 0.2) is 29.9 Å². The van der Waals surface area contributed by atoms with E-state index in [1.165, 1.54) is 10.4 Å². The number of thiophene rings is 1. The van der Waals surface area contributed by atoms with E-state index < -0.39 is 0 Å². The minimum Gasteiger partial charge on any atom is -0.397 e.